The molecule has 0 spiro atoms. The van der Waals surface area contributed by atoms with Crippen LogP contribution in [-0.2, 0) is 16.0 Å². The fourth-order valence-electron chi connectivity index (χ4n) is 2.29. The van der Waals surface area contributed by atoms with Gasteiger partial charge in [-0.25, -0.2) is 0 Å². The Labute approximate surface area is 134 Å². The van der Waals surface area contributed by atoms with Gasteiger partial charge in [-0.1, -0.05) is 26.0 Å². The van der Waals surface area contributed by atoms with Crippen LogP contribution in [0.4, 0.5) is 5.69 Å². The molecule has 5 heteroatoms. The lowest BCUT2D eigenvalue weighted by Gasteiger charge is -2.26. The van der Waals surface area contributed by atoms with Gasteiger partial charge >= 0.3 is 0 Å². The molecule has 1 aromatic rings. The van der Waals surface area contributed by atoms with Crippen molar-refractivity contribution in [3.8, 4) is 0 Å². The summed E-state index contributed by atoms with van der Waals surface area (Å²) in [6.07, 6.45) is 0.405. The molecule has 1 aromatic carbocycles. The topological polar surface area (TPSA) is 58.8 Å². The number of methoxy groups -OCH3 is 1. The summed E-state index contributed by atoms with van der Waals surface area (Å²) in [5, 5.41) is 0. The van der Waals surface area contributed by atoms with Gasteiger partial charge in [-0.3, -0.25) is 4.79 Å². The first-order valence-corrected chi connectivity index (χ1v) is 7.94. The molecule has 0 atom stereocenters. The molecular weight excluding hydrogens is 278 g/mol. The second-order valence-corrected chi connectivity index (χ2v) is 5.32. The molecule has 124 valence electrons. The number of nitrogens with two attached hydrogens (primary N) is 1. The number of hydrogen-bond donors (Lipinski definition) is 1. The molecule has 2 N–H and O–H groups in total. The van der Waals surface area contributed by atoms with Gasteiger partial charge in [-0.15, -0.1) is 0 Å². The van der Waals surface area contributed by atoms with Gasteiger partial charge in [0.05, 0.1) is 13.0 Å². The van der Waals surface area contributed by atoms with Crippen LogP contribution >= 0.6 is 0 Å². The molecule has 0 radical (unpaired) electrons. The summed E-state index contributed by atoms with van der Waals surface area (Å²) in [6, 6.07) is 7.48. The van der Waals surface area contributed by atoms with Crippen molar-refractivity contribution in [3.63, 3.8) is 0 Å². The Hall–Kier alpha value is -1.59. The summed E-state index contributed by atoms with van der Waals surface area (Å²) in [7, 11) is 1.66. The number of ether oxygens (including phenoxy) is 1. The largest absolute Gasteiger partial charge is 0.399 e. The molecule has 0 saturated heterocycles. The molecule has 0 fully saturated rings. The van der Waals surface area contributed by atoms with E-state index in [0.717, 1.165) is 31.7 Å². The maximum Gasteiger partial charge on any atom is 0.227 e. The van der Waals surface area contributed by atoms with Gasteiger partial charge in [0.25, 0.3) is 0 Å². The molecule has 1 amide bonds. The lowest BCUT2D eigenvalue weighted by Crippen LogP contribution is -2.41. The van der Waals surface area contributed by atoms with Crippen molar-refractivity contribution in [2.45, 2.75) is 20.3 Å². The van der Waals surface area contributed by atoms with E-state index >= 15 is 0 Å². The second-order valence-electron chi connectivity index (χ2n) is 5.32. The summed E-state index contributed by atoms with van der Waals surface area (Å²) in [6.45, 7) is 9.10. The number of nitrogen functional groups attached to an aromatic ring is 1. The quantitative estimate of drug-likeness (QED) is 0.668. The summed E-state index contributed by atoms with van der Waals surface area (Å²) in [5.41, 5.74) is 7.38. The highest BCUT2D eigenvalue weighted by atomic mass is 16.5. The molecule has 0 saturated carbocycles. The predicted octanol–water partition coefficient (Wildman–Crippen LogP) is 1.63. The molecule has 0 unspecified atom stereocenters. The molecule has 0 aliphatic heterocycles. The lowest BCUT2D eigenvalue weighted by atomic mass is 10.1. The van der Waals surface area contributed by atoms with Crippen LogP contribution in [0.15, 0.2) is 24.3 Å². The molecule has 0 heterocycles. The number of likely N-dealkylation sites (N-methyl/N-ethyl adjacent to an activating group) is 1. The number of amides is 1. The molecular formula is C17H29N3O2. The molecule has 0 bridgehead atoms. The van der Waals surface area contributed by atoms with Crippen molar-refractivity contribution in [2.75, 3.05) is 52.2 Å². The van der Waals surface area contributed by atoms with Crippen LogP contribution in [0, 0.1) is 0 Å². The summed E-state index contributed by atoms with van der Waals surface area (Å²) < 4.78 is 5.12. The average Bonchev–Trinajstić information content (AvgIpc) is 2.53. The Kier molecular flexibility index (Phi) is 8.55. The Morgan fingerprint density at radius 3 is 2.27 bits per heavy atom. The van der Waals surface area contributed by atoms with E-state index in [-0.39, 0.29) is 5.91 Å². The van der Waals surface area contributed by atoms with Gasteiger partial charge < -0.3 is 20.3 Å². The van der Waals surface area contributed by atoms with Gasteiger partial charge in [0.2, 0.25) is 5.91 Å². The fraction of sp³-hybridized carbons (Fsp3) is 0.588. The second kappa shape index (κ2) is 10.2. The van der Waals surface area contributed by atoms with Gasteiger partial charge in [-0.2, -0.15) is 0 Å². The van der Waals surface area contributed by atoms with E-state index in [1.807, 2.05) is 29.2 Å². The van der Waals surface area contributed by atoms with Crippen molar-refractivity contribution >= 4 is 11.6 Å². The van der Waals surface area contributed by atoms with E-state index in [1.54, 1.807) is 7.11 Å². The molecule has 5 nitrogen and oxygen atoms in total. The first-order valence-electron chi connectivity index (χ1n) is 7.94. The third-order valence-electron chi connectivity index (χ3n) is 3.83. The zero-order valence-corrected chi connectivity index (χ0v) is 14.0. The predicted molar refractivity (Wildman–Crippen MR) is 90.8 cm³/mol. The fourth-order valence-corrected chi connectivity index (χ4v) is 2.29. The highest BCUT2D eigenvalue weighted by Crippen LogP contribution is 2.08. The van der Waals surface area contributed by atoms with Crippen molar-refractivity contribution in [3.05, 3.63) is 29.8 Å². The number of nitrogens with zero attached hydrogens (tertiary/aromatic N) is 2. The maximum atomic E-state index is 12.5. The number of benzene rings is 1. The number of rotatable bonds is 10. The van der Waals surface area contributed by atoms with Crippen molar-refractivity contribution in [2.24, 2.45) is 0 Å². The normalized spacial score (nSPS) is 10.9. The zero-order valence-electron chi connectivity index (χ0n) is 14.0. The van der Waals surface area contributed by atoms with Crippen LogP contribution in [0.1, 0.15) is 19.4 Å². The highest BCUT2D eigenvalue weighted by Gasteiger charge is 2.14. The van der Waals surface area contributed by atoms with Crippen LogP contribution in [-0.4, -0.2) is 62.1 Å². The molecule has 0 aromatic heterocycles. The van der Waals surface area contributed by atoms with Gasteiger partial charge in [0.15, 0.2) is 0 Å². The van der Waals surface area contributed by atoms with E-state index in [0.29, 0.717) is 25.3 Å². The van der Waals surface area contributed by atoms with Crippen LogP contribution in [0.3, 0.4) is 0 Å². The van der Waals surface area contributed by atoms with Gasteiger partial charge in [-0.05, 0) is 30.8 Å². The molecule has 22 heavy (non-hydrogen) atoms. The molecule has 0 aliphatic rings. The molecule has 1 rings (SSSR count). The van der Waals surface area contributed by atoms with Gasteiger partial charge in [0, 0.05) is 32.4 Å². The monoisotopic (exact) mass is 307 g/mol. The van der Waals surface area contributed by atoms with E-state index in [1.165, 1.54) is 0 Å². The summed E-state index contributed by atoms with van der Waals surface area (Å²) in [4.78, 5) is 16.7. The number of hydrogen-bond acceptors (Lipinski definition) is 4. The number of carbonyl (C=O) groups excluding carboxylic acids is 1. The van der Waals surface area contributed by atoms with Gasteiger partial charge in [0.1, 0.15) is 0 Å². The van der Waals surface area contributed by atoms with Crippen molar-refractivity contribution in [1.82, 2.24) is 9.80 Å². The van der Waals surface area contributed by atoms with E-state index in [4.69, 9.17) is 10.5 Å². The van der Waals surface area contributed by atoms with E-state index in [9.17, 15) is 4.79 Å². The minimum atomic E-state index is 0.133. The third kappa shape index (κ3) is 6.45. The Balaban J connectivity index is 2.60. The lowest BCUT2D eigenvalue weighted by molar-refractivity contribution is -0.131. The third-order valence-corrected chi connectivity index (χ3v) is 3.83. The highest BCUT2D eigenvalue weighted by molar-refractivity contribution is 5.78. The Morgan fingerprint density at radius 2 is 1.73 bits per heavy atom. The average molecular weight is 307 g/mol. The standard InChI is InChI=1S/C17H29N3O2/c1-4-19(5-2)10-11-20(12-13-22-3)17(21)14-15-6-8-16(18)9-7-15/h6-9H,4-5,10-14,18H2,1-3H3. The number of carbonyl (C=O) groups is 1. The SMILES string of the molecule is CCN(CC)CCN(CCOC)C(=O)Cc1ccc(N)cc1. The van der Waals surface area contributed by atoms with Crippen LogP contribution in [0.5, 0.6) is 0 Å². The summed E-state index contributed by atoms with van der Waals surface area (Å²) in [5.74, 6) is 0.133. The minimum absolute atomic E-state index is 0.133. The zero-order chi connectivity index (χ0) is 16.4. The smallest absolute Gasteiger partial charge is 0.227 e. The Morgan fingerprint density at radius 1 is 1.09 bits per heavy atom. The minimum Gasteiger partial charge on any atom is -0.399 e. The Bertz CT molecular complexity index is 430. The van der Waals surface area contributed by atoms with Crippen LogP contribution in [0.2, 0.25) is 0 Å². The van der Waals surface area contributed by atoms with Crippen LogP contribution < -0.4 is 5.73 Å². The molecule has 0 aliphatic carbocycles. The first kappa shape index (κ1) is 18.5. The first-order chi connectivity index (χ1) is 10.6. The van der Waals surface area contributed by atoms with Crippen molar-refractivity contribution < 1.29 is 9.53 Å². The number of anilines is 1. The van der Waals surface area contributed by atoms with E-state index < -0.39 is 0 Å². The van der Waals surface area contributed by atoms with Crippen molar-refractivity contribution in [1.29, 1.82) is 0 Å². The summed E-state index contributed by atoms with van der Waals surface area (Å²) >= 11 is 0. The van der Waals surface area contributed by atoms with Crippen LogP contribution in [0.25, 0.3) is 0 Å². The maximum absolute atomic E-state index is 12.5. The van der Waals surface area contributed by atoms with E-state index in [2.05, 4.69) is 18.7 Å².